The quantitative estimate of drug-likeness (QED) is 0.734. The molecule has 0 amide bonds. The summed E-state index contributed by atoms with van der Waals surface area (Å²) in [5.74, 6) is -0.741. The highest BCUT2D eigenvalue weighted by Gasteiger charge is 1.98. The Morgan fingerprint density at radius 2 is 1.93 bits per heavy atom. The number of halogens is 2. The fourth-order valence-corrected chi connectivity index (χ4v) is 1.11. The van der Waals surface area contributed by atoms with Crippen molar-refractivity contribution in [2.24, 2.45) is 0 Å². The monoisotopic (exact) mass is 205 g/mol. The zero-order chi connectivity index (χ0) is 10.7. The number of hydrogen-bond donors (Lipinski definition) is 0. The lowest BCUT2D eigenvalue weighted by Crippen LogP contribution is -1.81. The Bertz CT molecular complexity index is 457. The Morgan fingerprint density at radius 1 is 1.07 bits per heavy atom. The van der Waals surface area contributed by atoms with Crippen LogP contribution in [0.3, 0.4) is 0 Å². The Morgan fingerprint density at radius 3 is 2.67 bits per heavy atom. The molecule has 0 spiro atoms. The van der Waals surface area contributed by atoms with Crippen molar-refractivity contribution < 1.29 is 8.78 Å². The zero-order valence-electron chi connectivity index (χ0n) is 7.69. The fraction of sp³-hybridized carbons (Fsp3) is 0. The van der Waals surface area contributed by atoms with Gasteiger partial charge in [-0.2, -0.15) is 0 Å². The fourth-order valence-electron chi connectivity index (χ4n) is 1.11. The van der Waals surface area contributed by atoms with Gasteiger partial charge in [-0.05, 0) is 23.9 Å². The van der Waals surface area contributed by atoms with Crippen LogP contribution in [0.1, 0.15) is 0 Å². The maximum Gasteiger partial charge on any atom is 0.126 e. The van der Waals surface area contributed by atoms with Gasteiger partial charge in [-0.3, -0.25) is 0 Å². The van der Waals surface area contributed by atoms with Gasteiger partial charge in [0.1, 0.15) is 11.6 Å². The predicted molar refractivity (Wildman–Crippen MR) is 53.3 cm³/mol. The van der Waals surface area contributed by atoms with Crippen LogP contribution in [0.15, 0.2) is 42.6 Å². The van der Waals surface area contributed by atoms with Gasteiger partial charge in [0.15, 0.2) is 0 Å². The third kappa shape index (κ3) is 2.28. The highest BCUT2D eigenvalue weighted by molar-refractivity contribution is 5.63. The summed E-state index contributed by atoms with van der Waals surface area (Å²) in [6, 6.07) is 8.18. The number of benzene rings is 1. The molecule has 76 valence electrons. The minimum atomic E-state index is -0.568. The van der Waals surface area contributed by atoms with Crippen molar-refractivity contribution in [2.75, 3.05) is 0 Å². The van der Waals surface area contributed by atoms with E-state index >= 15 is 0 Å². The first kappa shape index (κ1) is 9.58. The molecule has 1 aromatic carbocycles. The number of hydrogen-bond acceptors (Lipinski definition) is 1. The highest BCUT2D eigenvalue weighted by atomic mass is 19.1. The summed E-state index contributed by atoms with van der Waals surface area (Å²) in [6.45, 7) is 0. The van der Waals surface area contributed by atoms with E-state index < -0.39 is 11.6 Å². The number of nitrogens with zero attached hydrogens (tertiary/aromatic N) is 2. The van der Waals surface area contributed by atoms with Crippen molar-refractivity contribution in [2.45, 2.75) is 0 Å². The summed E-state index contributed by atoms with van der Waals surface area (Å²) in [5, 5.41) is 3.88. The molecule has 0 bridgehead atoms. The second-order valence-corrected chi connectivity index (χ2v) is 2.90. The molecule has 0 saturated carbocycles. The number of pyridine rings is 1. The van der Waals surface area contributed by atoms with Crippen molar-refractivity contribution in [1.29, 1.82) is 0 Å². The van der Waals surface area contributed by atoms with Gasteiger partial charge in [0, 0.05) is 0 Å². The van der Waals surface area contributed by atoms with Gasteiger partial charge in [-0.1, -0.05) is 30.2 Å². The average Bonchev–Trinajstić information content (AvgIpc) is 2.25. The lowest BCUT2D eigenvalue weighted by atomic mass is 10.3. The summed E-state index contributed by atoms with van der Waals surface area (Å²) in [7, 11) is 0. The van der Waals surface area contributed by atoms with E-state index in [1.54, 1.807) is 18.2 Å². The smallest absolute Gasteiger partial charge is 0.126 e. The van der Waals surface area contributed by atoms with E-state index in [0.29, 0.717) is 5.82 Å². The topological polar surface area (TPSA) is 27.0 Å². The van der Waals surface area contributed by atoms with Crippen LogP contribution in [-0.2, 0) is 0 Å². The van der Waals surface area contributed by atoms with Crippen LogP contribution in [0.4, 0.5) is 20.3 Å². The average molecular weight is 205 g/mol. The molecule has 0 aliphatic carbocycles. The molecule has 0 unspecified atom stereocenters. The molecule has 0 aliphatic rings. The SMILES string of the molecule is Fc1ccc(F)c([N-]c2ccccn2)c1. The summed E-state index contributed by atoms with van der Waals surface area (Å²) < 4.78 is 26.0. The van der Waals surface area contributed by atoms with Gasteiger partial charge < -0.3 is 10.3 Å². The molecule has 0 atom stereocenters. The largest absolute Gasteiger partial charge is 0.443 e. The molecule has 2 rings (SSSR count). The molecule has 4 heteroatoms. The van der Waals surface area contributed by atoms with Gasteiger partial charge in [-0.25, -0.2) is 8.78 Å². The summed E-state index contributed by atoms with van der Waals surface area (Å²) >= 11 is 0. The first-order valence-corrected chi connectivity index (χ1v) is 4.33. The molecule has 15 heavy (non-hydrogen) atoms. The Labute approximate surface area is 85.6 Å². The summed E-state index contributed by atoms with van der Waals surface area (Å²) in [6.07, 6.45) is 1.54. The molecular weight excluding hydrogens is 198 g/mol. The second kappa shape index (κ2) is 4.04. The number of aromatic nitrogens is 1. The molecule has 2 aromatic rings. The predicted octanol–water partition coefficient (Wildman–Crippen LogP) is 3.70. The maximum atomic E-state index is 13.2. The maximum absolute atomic E-state index is 13.2. The van der Waals surface area contributed by atoms with Crippen LogP contribution < -0.4 is 0 Å². The first-order chi connectivity index (χ1) is 7.25. The number of rotatable bonds is 2. The third-order valence-electron chi connectivity index (χ3n) is 1.79. The molecule has 0 N–H and O–H groups in total. The molecule has 0 aliphatic heterocycles. The van der Waals surface area contributed by atoms with Gasteiger partial charge >= 0.3 is 0 Å². The van der Waals surface area contributed by atoms with Crippen molar-refractivity contribution >= 4 is 11.5 Å². The lowest BCUT2D eigenvalue weighted by molar-refractivity contribution is 0.604. The molecular formula is C11H7F2N2-. The summed E-state index contributed by atoms with van der Waals surface area (Å²) in [4.78, 5) is 3.89. The molecule has 1 heterocycles. The van der Waals surface area contributed by atoms with E-state index in [2.05, 4.69) is 10.3 Å². The van der Waals surface area contributed by atoms with Gasteiger partial charge in [0.2, 0.25) is 0 Å². The van der Waals surface area contributed by atoms with Gasteiger partial charge in [-0.15, -0.1) is 0 Å². The van der Waals surface area contributed by atoms with E-state index in [0.717, 1.165) is 18.2 Å². The minimum absolute atomic E-state index is 0.0475. The first-order valence-electron chi connectivity index (χ1n) is 4.33. The van der Waals surface area contributed by atoms with E-state index in [9.17, 15) is 8.78 Å². The Hall–Kier alpha value is -1.97. The van der Waals surface area contributed by atoms with Crippen molar-refractivity contribution in [3.63, 3.8) is 0 Å². The standard InChI is InChI=1S/C11H7F2N2/c12-8-4-5-9(13)10(7-8)15-11-3-1-2-6-14-11/h1-7H/q-1. The van der Waals surface area contributed by atoms with Crippen LogP contribution in [0.25, 0.3) is 5.32 Å². The van der Waals surface area contributed by atoms with E-state index in [1.165, 1.54) is 6.20 Å². The molecule has 1 aromatic heterocycles. The van der Waals surface area contributed by atoms with Crippen molar-refractivity contribution in [3.05, 3.63) is 59.5 Å². The normalized spacial score (nSPS) is 10.0. The van der Waals surface area contributed by atoms with E-state index in [1.807, 2.05) is 0 Å². The van der Waals surface area contributed by atoms with Crippen LogP contribution in [0.5, 0.6) is 0 Å². The molecule has 0 saturated heterocycles. The minimum Gasteiger partial charge on any atom is -0.443 e. The van der Waals surface area contributed by atoms with Crippen LogP contribution in [0.2, 0.25) is 0 Å². The van der Waals surface area contributed by atoms with E-state index in [4.69, 9.17) is 0 Å². The van der Waals surface area contributed by atoms with Gasteiger partial charge in [0.25, 0.3) is 0 Å². The van der Waals surface area contributed by atoms with Crippen molar-refractivity contribution in [3.8, 4) is 0 Å². The summed E-state index contributed by atoms with van der Waals surface area (Å²) in [5.41, 5.74) is -0.0475. The van der Waals surface area contributed by atoms with Crippen LogP contribution in [-0.4, -0.2) is 4.98 Å². The highest BCUT2D eigenvalue weighted by Crippen LogP contribution is 2.30. The zero-order valence-corrected chi connectivity index (χ0v) is 7.69. The van der Waals surface area contributed by atoms with Crippen molar-refractivity contribution in [1.82, 2.24) is 4.98 Å². The molecule has 2 nitrogen and oxygen atoms in total. The van der Waals surface area contributed by atoms with Crippen LogP contribution in [0, 0.1) is 11.6 Å². The van der Waals surface area contributed by atoms with E-state index in [-0.39, 0.29) is 5.69 Å². The Balaban J connectivity index is 2.28. The lowest BCUT2D eigenvalue weighted by Gasteiger charge is -2.14. The second-order valence-electron chi connectivity index (χ2n) is 2.90. The Kier molecular flexibility index (Phi) is 2.58. The van der Waals surface area contributed by atoms with Crippen LogP contribution >= 0.6 is 0 Å². The van der Waals surface area contributed by atoms with Gasteiger partial charge in [0.05, 0.1) is 0 Å². The molecule has 0 radical (unpaired) electrons. The third-order valence-corrected chi connectivity index (χ3v) is 1.79. The molecule has 0 fully saturated rings.